The third kappa shape index (κ3) is 44.9. The van der Waals surface area contributed by atoms with Crippen LogP contribution in [0.15, 0.2) is 24.3 Å². The molecule has 62 heavy (non-hydrogen) atoms. The molecular formula is C56H107NO5. The number of carbonyl (C=O) groups excluding carboxylic acids is 2. The van der Waals surface area contributed by atoms with Crippen molar-refractivity contribution in [3.05, 3.63) is 24.3 Å². The number of hydrogen-bond acceptors (Lipinski definition) is 5. The molecule has 0 rings (SSSR count). The van der Waals surface area contributed by atoms with Crippen molar-refractivity contribution in [1.29, 1.82) is 0 Å². The molecule has 0 aliphatic heterocycles. The van der Waals surface area contributed by atoms with Gasteiger partial charge in [-0.25, -0.2) is 0 Å². The summed E-state index contributed by atoms with van der Waals surface area (Å²) in [4.78, 5) is 26.2. The van der Waals surface area contributed by atoms with Gasteiger partial charge in [0.25, 0.3) is 0 Å². The van der Waals surface area contributed by atoms with Gasteiger partial charge in [-0.2, -0.15) is 0 Å². The minimum Gasteiger partial charge on any atom is -0.462 e. The number of unbranched alkanes of at least 4 members (excludes halogenated alkanes) is 34. The second-order valence-corrected chi connectivity index (χ2v) is 19.0. The SMILES string of the molecule is CCCCC/C=C\C/C=C\CCCCCCCCCC(=O)OC(CCCCCCCCCCCCCC)CC(=O)NC(CO)C(O)CCCCCCCCCCCCCCCC. The van der Waals surface area contributed by atoms with Gasteiger partial charge < -0.3 is 20.3 Å². The fourth-order valence-electron chi connectivity index (χ4n) is 8.58. The Morgan fingerprint density at radius 3 is 1.26 bits per heavy atom. The minimum atomic E-state index is -0.784. The maximum Gasteiger partial charge on any atom is 0.306 e. The smallest absolute Gasteiger partial charge is 0.306 e. The number of aliphatic hydroxyl groups excluding tert-OH is 2. The molecule has 6 nitrogen and oxygen atoms in total. The number of carbonyl (C=O) groups is 2. The van der Waals surface area contributed by atoms with Crippen LogP contribution in [0.25, 0.3) is 0 Å². The van der Waals surface area contributed by atoms with E-state index in [1.165, 1.54) is 193 Å². The van der Waals surface area contributed by atoms with E-state index in [4.69, 9.17) is 4.74 Å². The monoisotopic (exact) mass is 874 g/mol. The second-order valence-electron chi connectivity index (χ2n) is 19.0. The first-order valence-electron chi connectivity index (χ1n) is 27.6. The summed E-state index contributed by atoms with van der Waals surface area (Å²) >= 11 is 0. The van der Waals surface area contributed by atoms with Crippen LogP contribution in [0.5, 0.6) is 0 Å². The van der Waals surface area contributed by atoms with Gasteiger partial charge in [-0.05, 0) is 57.8 Å². The molecule has 3 N–H and O–H groups in total. The molecule has 1 amide bonds. The Balaban J connectivity index is 4.50. The molecule has 0 aliphatic carbocycles. The first-order chi connectivity index (χ1) is 30.5. The number of nitrogens with one attached hydrogen (secondary N) is 1. The van der Waals surface area contributed by atoms with Crippen molar-refractivity contribution in [2.24, 2.45) is 0 Å². The Kier molecular flexibility index (Phi) is 49.0. The molecule has 366 valence electrons. The van der Waals surface area contributed by atoms with E-state index in [1.54, 1.807) is 0 Å². The van der Waals surface area contributed by atoms with Crippen LogP contribution in [-0.4, -0.2) is 46.9 Å². The summed E-state index contributed by atoms with van der Waals surface area (Å²) in [6.07, 6.45) is 58.1. The van der Waals surface area contributed by atoms with Gasteiger partial charge in [0, 0.05) is 6.42 Å². The molecule has 0 radical (unpaired) electrons. The van der Waals surface area contributed by atoms with E-state index in [-0.39, 0.29) is 24.9 Å². The van der Waals surface area contributed by atoms with Crippen molar-refractivity contribution in [1.82, 2.24) is 5.32 Å². The van der Waals surface area contributed by atoms with E-state index in [9.17, 15) is 19.8 Å². The van der Waals surface area contributed by atoms with Crippen molar-refractivity contribution in [2.75, 3.05) is 6.61 Å². The summed E-state index contributed by atoms with van der Waals surface area (Å²) in [6.45, 7) is 6.48. The Bertz CT molecular complexity index is 981. The maximum absolute atomic E-state index is 13.2. The van der Waals surface area contributed by atoms with Crippen molar-refractivity contribution in [3.8, 4) is 0 Å². The highest BCUT2D eigenvalue weighted by Crippen LogP contribution is 2.19. The average molecular weight is 874 g/mol. The van der Waals surface area contributed by atoms with Crippen LogP contribution in [-0.2, 0) is 14.3 Å². The van der Waals surface area contributed by atoms with Crippen molar-refractivity contribution in [3.63, 3.8) is 0 Å². The van der Waals surface area contributed by atoms with Crippen LogP contribution in [0.4, 0.5) is 0 Å². The number of allylic oxidation sites excluding steroid dienone is 4. The third-order valence-corrected chi connectivity index (χ3v) is 12.8. The summed E-state index contributed by atoms with van der Waals surface area (Å²) in [7, 11) is 0. The van der Waals surface area contributed by atoms with E-state index in [1.807, 2.05) is 0 Å². The van der Waals surface area contributed by atoms with Gasteiger partial charge in [0.1, 0.15) is 6.10 Å². The lowest BCUT2D eigenvalue weighted by molar-refractivity contribution is -0.151. The third-order valence-electron chi connectivity index (χ3n) is 12.8. The molecule has 6 heteroatoms. The molecule has 0 saturated heterocycles. The van der Waals surface area contributed by atoms with Crippen LogP contribution in [0.3, 0.4) is 0 Å². The molecule has 0 saturated carbocycles. The number of ether oxygens (including phenoxy) is 1. The lowest BCUT2D eigenvalue weighted by Gasteiger charge is -2.24. The predicted molar refractivity (Wildman–Crippen MR) is 269 cm³/mol. The molecule has 0 aromatic rings. The number of aliphatic hydroxyl groups is 2. The molecule has 0 heterocycles. The van der Waals surface area contributed by atoms with Crippen molar-refractivity contribution in [2.45, 2.75) is 315 Å². The Morgan fingerprint density at radius 2 is 0.823 bits per heavy atom. The number of rotatable bonds is 50. The van der Waals surface area contributed by atoms with Gasteiger partial charge in [-0.1, -0.05) is 251 Å². The van der Waals surface area contributed by atoms with Gasteiger partial charge in [0.15, 0.2) is 0 Å². The highest BCUT2D eigenvalue weighted by molar-refractivity contribution is 5.77. The van der Waals surface area contributed by atoms with Crippen LogP contribution >= 0.6 is 0 Å². The standard InChI is InChI=1S/C56H107NO5/c1-4-7-10-13-16-19-22-25-27-28-29-31-34-37-40-43-46-49-56(61)62-52(47-44-41-38-35-32-24-21-18-15-12-9-6-3)50-55(60)57-53(51-58)54(59)48-45-42-39-36-33-30-26-23-20-17-14-11-8-5-2/h16,19,25,27,52-54,58-59H,4-15,17-18,20-24,26,28-51H2,1-3H3,(H,57,60)/b19-16-,27-25-. The van der Waals surface area contributed by atoms with E-state index >= 15 is 0 Å². The van der Waals surface area contributed by atoms with Crippen molar-refractivity contribution >= 4 is 11.9 Å². The predicted octanol–water partition coefficient (Wildman–Crippen LogP) is 16.7. The first-order valence-corrected chi connectivity index (χ1v) is 27.6. The van der Waals surface area contributed by atoms with Gasteiger partial charge in [-0.15, -0.1) is 0 Å². The Hall–Kier alpha value is -1.66. The zero-order chi connectivity index (χ0) is 45.2. The van der Waals surface area contributed by atoms with Crippen molar-refractivity contribution < 1.29 is 24.5 Å². The van der Waals surface area contributed by atoms with Gasteiger partial charge in [0.05, 0.1) is 25.2 Å². The molecule has 0 aromatic heterocycles. The van der Waals surface area contributed by atoms with Crippen LogP contribution in [0.2, 0.25) is 0 Å². The highest BCUT2D eigenvalue weighted by Gasteiger charge is 2.24. The molecule has 3 unspecified atom stereocenters. The molecule has 0 aromatic carbocycles. The highest BCUT2D eigenvalue weighted by atomic mass is 16.5. The fourth-order valence-corrected chi connectivity index (χ4v) is 8.58. The number of hydrogen-bond donors (Lipinski definition) is 3. The fraction of sp³-hybridized carbons (Fsp3) is 0.893. The summed E-state index contributed by atoms with van der Waals surface area (Å²) in [5, 5.41) is 23.8. The molecule has 0 fully saturated rings. The Labute approximate surface area is 386 Å². The quantitative estimate of drug-likeness (QED) is 0.0321. The lowest BCUT2D eigenvalue weighted by Crippen LogP contribution is -2.46. The van der Waals surface area contributed by atoms with E-state index < -0.39 is 18.2 Å². The second kappa shape index (κ2) is 50.3. The normalized spacial score (nSPS) is 13.3. The average Bonchev–Trinajstić information content (AvgIpc) is 3.26. The van der Waals surface area contributed by atoms with E-state index in [2.05, 4.69) is 50.4 Å². The number of esters is 1. The van der Waals surface area contributed by atoms with Crippen LogP contribution in [0.1, 0.15) is 297 Å². The van der Waals surface area contributed by atoms with Gasteiger partial charge in [0.2, 0.25) is 5.91 Å². The van der Waals surface area contributed by atoms with E-state index in [0.29, 0.717) is 19.3 Å². The van der Waals surface area contributed by atoms with Crippen LogP contribution in [0, 0.1) is 0 Å². The largest absolute Gasteiger partial charge is 0.462 e. The topological polar surface area (TPSA) is 95.9 Å². The zero-order valence-electron chi connectivity index (χ0n) is 41.8. The van der Waals surface area contributed by atoms with E-state index in [0.717, 1.165) is 57.8 Å². The molecule has 0 aliphatic rings. The zero-order valence-corrected chi connectivity index (χ0v) is 41.8. The lowest BCUT2D eigenvalue weighted by atomic mass is 10.0. The summed E-state index contributed by atoms with van der Waals surface area (Å²) < 4.78 is 5.95. The van der Waals surface area contributed by atoms with Crippen LogP contribution < -0.4 is 5.32 Å². The first kappa shape index (κ1) is 60.3. The van der Waals surface area contributed by atoms with Gasteiger partial charge >= 0.3 is 5.97 Å². The minimum absolute atomic E-state index is 0.0801. The number of amides is 1. The molecule has 0 bridgehead atoms. The Morgan fingerprint density at radius 1 is 0.468 bits per heavy atom. The van der Waals surface area contributed by atoms with Gasteiger partial charge in [-0.3, -0.25) is 9.59 Å². The maximum atomic E-state index is 13.2. The molecular weight excluding hydrogens is 767 g/mol. The summed E-state index contributed by atoms with van der Waals surface area (Å²) in [6, 6.07) is -0.698. The summed E-state index contributed by atoms with van der Waals surface area (Å²) in [5.41, 5.74) is 0. The molecule has 0 spiro atoms. The molecule has 3 atom stereocenters. The summed E-state index contributed by atoms with van der Waals surface area (Å²) in [5.74, 6) is -0.466.